The van der Waals surface area contributed by atoms with Crippen LogP contribution in [0, 0.1) is 5.92 Å². The number of rotatable bonds is 3. The molecule has 0 radical (unpaired) electrons. The maximum absolute atomic E-state index is 12.3. The second-order valence-electron chi connectivity index (χ2n) is 4.99. The van der Waals surface area contributed by atoms with E-state index in [0.717, 1.165) is 19.3 Å². The van der Waals surface area contributed by atoms with Gasteiger partial charge in [-0.2, -0.15) is 0 Å². The summed E-state index contributed by atoms with van der Waals surface area (Å²) in [5.74, 6) is -0.230. The van der Waals surface area contributed by atoms with Crippen LogP contribution in [0.5, 0.6) is 11.5 Å². The molecule has 0 spiro atoms. The van der Waals surface area contributed by atoms with Gasteiger partial charge in [0.1, 0.15) is 0 Å². The second-order valence-corrected chi connectivity index (χ2v) is 4.99. The third-order valence-electron chi connectivity index (χ3n) is 3.72. The number of aromatic hydroxyl groups is 2. The number of carbonyl (C=O) groups excluding carboxylic acids is 1. The molecule has 5 nitrogen and oxygen atoms in total. The van der Waals surface area contributed by atoms with Gasteiger partial charge in [-0.15, -0.1) is 0 Å². The molecule has 1 aromatic carbocycles. The van der Waals surface area contributed by atoms with Gasteiger partial charge in [0, 0.05) is 13.1 Å². The first-order chi connectivity index (χ1) is 9.13. The van der Waals surface area contributed by atoms with Crippen molar-refractivity contribution in [3.63, 3.8) is 0 Å². The Morgan fingerprint density at radius 3 is 2.63 bits per heavy atom. The summed E-state index contributed by atoms with van der Waals surface area (Å²) in [5.41, 5.74) is 5.70. The Morgan fingerprint density at radius 2 is 2.00 bits per heavy atom. The Labute approximate surface area is 112 Å². The molecule has 1 aliphatic heterocycles. The molecule has 1 aromatic rings. The molecule has 1 heterocycles. The van der Waals surface area contributed by atoms with Gasteiger partial charge in [-0.25, -0.2) is 0 Å². The smallest absolute Gasteiger partial charge is 0.257 e. The summed E-state index contributed by atoms with van der Waals surface area (Å²) in [6.45, 7) is 2.04. The molecule has 2 rings (SSSR count). The third-order valence-corrected chi connectivity index (χ3v) is 3.72. The van der Waals surface area contributed by atoms with Crippen LogP contribution >= 0.6 is 0 Å². The first-order valence-electron chi connectivity index (χ1n) is 6.63. The van der Waals surface area contributed by atoms with E-state index in [1.807, 2.05) is 0 Å². The minimum absolute atomic E-state index is 0.164. The zero-order valence-electron chi connectivity index (χ0n) is 10.9. The number of amides is 1. The lowest BCUT2D eigenvalue weighted by Gasteiger charge is -2.32. The number of piperidine rings is 1. The van der Waals surface area contributed by atoms with Crippen molar-refractivity contribution < 1.29 is 15.0 Å². The maximum Gasteiger partial charge on any atom is 0.257 e. The van der Waals surface area contributed by atoms with Gasteiger partial charge in [0.05, 0.1) is 5.56 Å². The highest BCUT2D eigenvalue weighted by Gasteiger charge is 2.25. The highest BCUT2D eigenvalue weighted by molar-refractivity contribution is 5.97. The van der Waals surface area contributed by atoms with Gasteiger partial charge in [-0.3, -0.25) is 4.79 Å². The van der Waals surface area contributed by atoms with E-state index in [1.165, 1.54) is 12.1 Å². The fraction of sp³-hybridized carbons (Fsp3) is 0.500. The zero-order chi connectivity index (χ0) is 13.8. The number of hydrogen-bond donors (Lipinski definition) is 3. The molecule has 5 heteroatoms. The van der Waals surface area contributed by atoms with E-state index in [-0.39, 0.29) is 23.0 Å². The van der Waals surface area contributed by atoms with Gasteiger partial charge in [0.25, 0.3) is 5.91 Å². The first kappa shape index (κ1) is 13.7. The highest BCUT2D eigenvalue weighted by Crippen LogP contribution is 2.30. The molecule has 4 N–H and O–H groups in total. The second kappa shape index (κ2) is 5.93. The summed E-state index contributed by atoms with van der Waals surface area (Å²) in [4.78, 5) is 14.0. The molecule has 1 saturated heterocycles. The summed E-state index contributed by atoms with van der Waals surface area (Å²) in [5, 5.41) is 19.1. The van der Waals surface area contributed by atoms with Crippen LogP contribution in [0.3, 0.4) is 0 Å². The monoisotopic (exact) mass is 264 g/mol. The normalized spacial score (nSPS) is 16.6. The quantitative estimate of drug-likeness (QED) is 0.718. The number of likely N-dealkylation sites (tertiary alicyclic amines) is 1. The molecular weight excluding hydrogens is 244 g/mol. The van der Waals surface area contributed by atoms with E-state index in [9.17, 15) is 15.0 Å². The summed E-state index contributed by atoms with van der Waals surface area (Å²) in [7, 11) is 0. The maximum atomic E-state index is 12.3. The van der Waals surface area contributed by atoms with E-state index >= 15 is 0 Å². The average molecular weight is 264 g/mol. The van der Waals surface area contributed by atoms with Gasteiger partial charge >= 0.3 is 0 Å². The van der Waals surface area contributed by atoms with Crippen LogP contribution in [-0.4, -0.2) is 40.7 Å². The van der Waals surface area contributed by atoms with Crippen molar-refractivity contribution in [2.45, 2.75) is 19.3 Å². The van der Waals surface area contributed by atoms with Crippen molar-refractivity contribution in [3.8, 4) is 11.5 Å². The highest BCUT2D eigenvalue weighted by atomic mass is 16.3. The summed E-state index contributed by atoms with van der Waals surface area (Å²) in [6.07, 6.45) is 2.89. The molecule has 1 fully saturated rings. The molecule has 1 aliphatic rings. The number of benzene rings is 1. The number of phenolic OH excluding ortho intramolecular Hbond substituents is 2. The summed E-state index contributed by atoms with van der Waals surface area (Å²) < 4.78 is 0. The number of nitrogens with two attached hydrogens (primary N) is 1. The Balaban J connectivity index is 2.03. The van der Waals surface area contributed by atoms with Crippen LogP contribution in [0.15, 0.2) is 18.2 Å². The number of phenols is 2. The van der Waals surface area contributed by atoms with Gasteiger partial charge in [0.15, 0.2) is 11.5 Å². The largest absolute Gasteiger partial charge is 0.504 e. The SMILES string of the molecule is NCCC1CCN(C(=O)c2cccc(O)c2O)CC1. The lowest BCUT2D eigenvalue weighted by molar-refractivity contribution is 0.0684. The van der Waals surface area contributed by atoms with Crippen LogP contribution < -0.4 is 5.73 Å². The summed E-state index contributed by atoms with van der Waals surface area (Å²) in [6, 6.07) is 4.45. The predicted molar refractivity (Wildman–Crippen MR) is 72.1 cm³/mol. The Hall–Kier alpha value is -1.75. The van der Waals surface area contributed by atoms with Crippen molar-refractivity contribution in [2.75, 3.05) is 19.6 Å². The van der Waals surface area contributed by atoms with Crippen LogP contribution in [0.1, 0.15) is 29.6 Å². The molecule has 0 saturated carbocycles. The minimum atomic E-state index is -0.336. The predicted octanol–water partition coefficient (Wildman–Crippen LogP) is 1.30. The topological polar surface area (TPSA) is 86.8 Å². The van der Waals surface area contributed by atoms with Crippen molar-refractivity contribution in [3.05, 3.63) is 23.8 Å². The first-order valence-corrected chi connectivity index (χ1v) is 6.63. The number of nitrogens with zero attached hydrogens (tertiary/aromatic N) is 1. The van der Waals surface area contributed by atoms with Crippen molar-refractivity contribution in [2.24, 2.45) is 11.7 Å². The molecular formula is C14H20N2O3. The van der Waals surface area contributed by atoms with Crippen LogP contribution in [0.2, 0.25) is 0 Å². The van der Waals surface area contributed by atoms with Crippen molar-refractivity contribution in [1.82, 2.24) is 4.90 Å². The zero-order valence-corrected chi connectivity index (χ0v) is 10.9. The third kappa shape index (κ3) is 2.98. The van der Waals surface area contributed by atoms with Gasteiger partial charge in [-0.1, -0.05) is 6.07 Å². The fourth-order valence-electron chi connectivity index (χ4n) is 2.53. The molecule has 0 atom stereocenters. The van der Waals surface area contributed by atoms with Gasteiger partial charge < -0.3 is 20.8 Å². The van der Waals surface area contributed by atoms with Crippen molar-refractivity contribution in [1.29, 1.82) is 0 Å². The number of carbonyl (C=O) groups is 1. The number of para-hydroxylation sites is 1. The van der Waals surface area contributed by atoms with E-state index in [2.05, 4.69) is 0 Å². The molecule has 19 heavy (non-hydrogen) atoms. The van der Waals surface area contributed by atoms with Crippen LogP contribution in [0.4, 0.5) is 0 Å². The molecule has 0 aromatic heterocycles. The van der Waals surface area contributed by atoms with E-state index < -0.39 is 0 Å². The average Bonchev–Trinajstić information content (AvgIpc) is 2.42. The lowest BCUT2D eigenvalue weighted by Crippen LogP contribution is -2.38. The molecule has 0 bridgehead atoms. The molecule has 0 aliphatic carbocycles. The van der Waals surface area contributed by atoms with E-state index in [0.29, 0.717) is 25.6 Å². The number of hydrogen-bond acceptors (Lipinski definition) is 4. The Bertz CT molecular complexity index is 454. The molecule has 1 amide bonds. The van der Waals surface area contributed by atoms with Crippen LogP contribution in [0.25, 0.3) is 0 Å². The summed E-state index contributed by atoms with van der Waals surface area (Å²) >= 11 is 0. The lowest BCUT2D eigenvalue weighted by atomic mass is 9.93. The van der Waals surface area contributed by atoms with Crippen LogP contribution in [-0.2, 0) is 0 Å². The Kier molecular flexibility index (Phi) is 4.27. The fourth-order valence-corrected chi connectivity index (χ4v) is 2.53. The minimum Gasteiger partial charge on any atom is -0.504 e. The standard InChI is InChI=1S/C14H20N2O3/c15-7-4-10-5-8-16(9-6-10)14(19)11-2-1-3-12(17)13(11)18/h1-3,10,17-18H,4-9,15H2. The van der Waals surface area contributed by atoms with Gasteiger partial charge in [-0.05, 0) is 43.9 Å². The van der Waals surface area contributed by atoms with E-state index in [1.54, 1.807) is 11.0 Å². The Morgan fingerprint density at radius 1 is 1.32 bits per heavy atom. The van der Waals surface area contributed by atoms with E-state index in [4.69, 9.17) is 5.73 Å². The molecule has 104 valence electrons. The van der Waals surface area contributed by atoms with Crippen molar-refractivity contribution >= 4 is 5.91 Å². The van der Waals surface area contributed by atoms with Gasteiger partial charge in [0.2, 0.25) is 0 Å². The molecule has 0 unspecified atom stereocenters.